The maximum Gasteiger partial charge on any atom is 0.230 e. The number of hydrogen-bond acceptors (Lipinski definition) is 5. The summed E-state index contributed by atoms with van der Waals surface area (Å²) in [5.41, 5.74) is 3.30. The monoisotopic (exact) mass is 355 g/mol. The third-order valence-corrected chi connectivity index (χ3v) is 5.21. The summed E-state index contributed by atoms with van der Waals surface area (Å²) in [6.45, 7) is 2.60. The van der Waals surface area contributed by atoms with Crippen LogP contribution in [0.5, 0.6) is 0 Å². The van der Waals surface area contributed by atoms with Crippen LogP contribution in [-0.4, -0.2) is 21.0 Å². The molecular weight excluding hydrogens is 338 g/mol. The van der Waals surface area contributed by atoms with Crippen molar-refractivity contribution in [3.05, 3.63) is 65.7 Å². The Kier molecular flexibility index (Phi) is 5.61. The molecule has 1 heterocycles. The highest BCUT2D eigenvalue weighted by Gasteiger charge is 2.09. The van der Waals surface area contributed by atoms with Gasteiger partial charge in [-0.3, -0.25) is 4.79 Å². The molecule has 0 fully saturated rings. The normalized spacial score (nSPS) is 10.5. The van der Waals surface area contributed by atoms with Crippen LogP contribution >= 0.6 is 23.3 Å². The van der Waals surface area contributed by atoms with Crippen molar-refractivity contribution in [2.75, 3.05) is 5.75 Å². The van der Waals surface area contributed by atoms with E-state index in [4.69, 9.17) is 0 Å². The van der Waals surface area contributed by atoms with Gasteiger partial charge in [0.05, 0.1) is 5.75 Å². The molecule has 4 nitrogen and oxygen atoms in total. The number of thioether (sulfide) groups is 1. The number of benzene rings is 2. The van der Waals surface area contributed by atoms with Gasteiger partial charge in [0.2, 0.25) is 5.91 Å². The van der Waals surface area contributed by atoms with Crippen LogP contribution in [0.4, 0.5) is 0 Å². The molecule has 6 heteroatoms. The molecule has 1 aromatic heterocycles. The first kappa shape index (κ1) is 16.7. The Balaban J connectivity index is 1.50. The summed E-state index contributed by atoms with van der Waals surface area (Å²) in [6.07, 6.45) is 0. The summed E-state index contributed by atoms with van der Waals surface area (Å²) < 4.78 is 5.17. The molecule has 0 unspecified atom stereocenters. The van der Waals surface area contributed by atoms with Gasteiger partial charge in [0.25, 0.3) is 0 Å². The first-order chi connectivity index (χ1) is 11.7. The van der Waals surface area contributed by atoms with Crippen molar-refractivity contribution in [2.45, 2.75) is 17.8 Å². The van der Waals surface area contributed by atoms with Crippen molar-refractivity contribution < 1.29 is 4.79 Å². The molecule has 24 heavy (non-hydrogen) atoms. The van der Waals surface area contributed by atoms with E-state index in [-0.39, 0.29) is 5.91 Å². The number of hydrogen-bond donors (Lipinski definition) is 1. The number of aryl methyl sites for hydroxylation is 1. The van der Waals surface area contributed by atoms with Crippen LogP contribution in [0.3, 0.4) is 0 Å². The fraction of sp³-hybridized carbons (Fsp3) is 0.167. The summed E-state index contributed by atoms with van der Waals surface area (Å²) in [7, 11) is 0. The molecule has 0 radical (unpaired) electrons. The quantitative estimate of drug-likeness (QED) is 0.681. The Morgan fingerprint density at radius 1 is 1.12 bits per heavy atom. The SMILES string of the molecule is Cc1ccc(-c2nsc(SCC(=O)NCc3ccccc3)n2)cc1. The van der Waals surface area contributed by atoms with Gasteiger partial charge < -0.3 is 5.32 Å². The largest absolute Gasteiger partial charge is 0.351 e. The van der Waals surface area contributed by atoms with Crippen LogP contribution in [0.25, 0.3) is 11.4 Å². The lowest BCUT2D eigenvalue weighted by molar-refractivity contribution is -0.118. The highest BCUT2D eigenvalue weighted by molar-refractivity contribution is 8.01. The third kappa shape index (κ3) is 4.66. The van der Waals surface area contributed by atoms with Gasteiger partial charge in [-0.15, -0.1) is 0 Å². The fourth-order valence-corrected chi connectivity index (χ4v) is 3.51. The van der Waals surface area contributed by atoms with E-state index in [1.165, 1.54) is 28.9 Å². The fourth-order valence-electron chi connectivity index (χ4n) is 2.06. The van der Waals surface area contributed by atoms with E-state index in [0.717, 1.165) is 15.5 Å². The molecule has 1 N–H and O–H groups in total. The van der Waals surface area contributed by atoms with Crippen LogP contribution in [-0.2, 0) is 11.3 Å². The minimum atomic E-state index is -0.00376. The number of carbonyl (C=O) groups excluding carboxylic acids is 1. The maximum atomic E-state index is 11.9. The van der Waals surface area contributed by atoms with Gasteiger partial charge in [-0.2, -0.15) is 4.37 Å². The standard InChI is InChI=1S/C18H17N3OS2/c1-13-7-9-15(10-8-13)17-20-18(24-21-17)23-12-16(22)19-11-14-5-3-2-4-6-14/h2-10H,11-12H2,1H3,(H,19,22). The van der Waals surface area contributed by atoms with Crippen molar-refractivity contribution in [3.63, 3.8) is 0 Å². The maximum absolute atomic E-state index is 11.9. The van der Waals surface area contributed by atoms with Crippen LogP contribution < -0.4 is 5.32 Å². The van der Waals surface area contributed by atoms with Gasteiger partial charge in [-0.1, -0.05) is 71.9 Å². The van der Waals surface area contributed by atoms with Crippen LogP contribution in [0.15, 0.2) is 58.9 Å². The van der Waals surface area contributed by atoms with E-state index in [2.05, 4.69) is 14.7 Å². The topological polar surface area (TPSA) is 54.9 Å². The number of amides is 1. The smallest absolute Gasteiger partial charge is 0.230 e. The van der Waals surface area contributed by atoms with Crippen molar-refractivity contribution in [1.82, 2.24) is 14.7 Å². The number of aromatic nitrogens is 2. The molecule has 1 amide bonds. The van der Waals surface area contributed by atoms with E-state index >= 15 is 0 Å². The minimum Gasteiger partial charge on any atom is -0.351 e. The summed E-state index contributed by atoms with van der Waals surface area (Å²) >= 11 is 2.74. The van der Waals surface area contributed by atoms with E-state index in [1.54, 1.807) is 0 Å². The van der Waals surface area contributed by atoms with Gasteiger partial charge >= 0.3 is 0 Å². The second-order valence-corrected chi connectivity index (χ2v) is 7.28. The minimum absolute atomic E-state index is 0.00376. The number of carbonyl (C=O) groups is 1. The Morgan fingerprint density at radius 3 is 2.62 bits per heavy atom. The number of rotatable bonds is 6. The highest BCUT2D eigenvalue weighted by Crippen LogP contribution is 2.25. The summed E-state index contributed by atoms with van der Waals surface area (Å²) in [5.74, 6) is 1.05. The molecule has 0 bridgehead atoms. The zero-order valence-electron chi connectivity index (χ0n) is 13.2. The van der Waals surface area contributed by atoms with Crippen LogP contribution in [0.2, 0.25) is 0 Å². The molecule has 0 atom stereocenters. The van der Waals surface area contributed by atoms with E-state index in [9.17, 15) is 4.79 Å². The molecular formula is C18H17N3OS2. The summed E-state index contributed by atoms with van der Waals surface area (Å²) in [6, 6.07) is 18.0. The van der Waals surface area contributed by atoms with E-state index in [0.29, 0.717) is 18.1 Å². The molecule has 2 aromatic carbocycles. The molecule has 0 spiro atoms. The molecule has 0 saturated heterocycles. The molecule has 3 rings (SSSR count). The lowest BCUT2D eigenvalue weighted by atomic mass is 10.1. The zero-order valence-corrected chi connectivity index (χ0v) is 14.9. The number of nitrogens with zero attached hydrogens (tertiary/aromatic N) is 2. The van der Waals surface area contributed by atoms with E-state index in [1.807, 2.05) is 61.5 Å². The molecule has 3 aromatic rings. The van der Waals surface area contributed by atoms with E-state index < -0.39 is 0 Å². The second kappa shape index (κ2) is 8.08. The van der Waals surface area contributed by atoms with Gasteiger partial charge in [-0.05, 0) is 24.0 Å². The van der Waals surface area contributed by atoms with Gasteiger partial charge in [-0.25, -0.2) is 4.98 Å². The Morgan fingerprint density at radius 2 is 1.88 bits per heavy atom. The summed E-state index contributed by atoms with van der Waals surface area (Å²) in [5, 5.41) is 2.91. The van der Waals surface area contributed by atoms with Crippen molar-refractivity contribution >= 4 is 29.2 Å². The molecule has 0 aliphatic heterocycles. The Labute approximate surface area is 149 Å². The highest BCUT2D eigenvalue weighted by atomic mass is 32.2. The lowest BCUT2D eigenvalue weighted by Crippen LogP contribution is -2.24. The molecule has 0 saturated carbocycles. The predicted molar refractivity (Wildman–Crippen MR) is 99.1 cm³/mol. The van der Waals surface area contributed by atoms with Crippen LogP contribution in [0.1, 0.15) is 11.1 Å². The second-order valence-electron chi connectivity index (χ2n) is 5.30. The Bertz CT molecular complexity index is 801. The average Bonchev–Trinajstić information content (AvgIpc) is 3.09. The van der Waals surface area contributed by atoms with Gasteiger partial charge in [0, 0.05) is 12.1 Å². The van der Waals surface area contributed by atoms with Crippen molar-refractivity contribution in [2.24, 2.45) is 0 Å². The molecule has 0 aliphatic rings. The Hall–Kier alpha value is -2.18. The van der Waals surface area contributed by atoms with Crippen molar-refractivity contribution in [3.8, 4) is 11.4 Å². The zero-order chi connectivity index (χ0) is 16.8. The summed E-state index contributed by atoms with van der Waals surface area (Å²) in [4.78, 5) is 16.4. The van der Waals surface area contributed by atoms with Crippen molar-refractivity contribution in [1.29, 1.82) is 0 Å². The lowest BCUT2D eigenvalue weighted by Gasteiger charge is -2.03. The number of nitrogens with one attached hydrogen (secondary N) is 1. The van der Waals surface area contributed by atoms with Gasteiger partial charge in [0.1, 0.15) is 0 Å². The molecule has 0 aliphatic carbocycles. The molecule has 122 valence electrons. The van der Waals surface area contributed by atoms with Gasteiger partial charge in [0.15, 0.2) is 10.2 Å². The average molecular weight is 355 g/mol. The third-order valence-electron chi connectivity index (χ3n) is 3.38. The predicted octanol–water partition coefficient (Wildman–Crippen LogP) is 3.92. The van der Waals surface area contributed by atoms with Crippen LogP contribution in [0, 0.1) is 6.92 Å². The first-order valence-electron chi connectivity index (χ1n) is 7.55. The first-order valence-corrected chi connectivity index (χ1v) is 9.31.